The molecule has 0 radical (unpaired) electrons. The van der Waals surface area contributed by atoms with Gasteiger partial charge >= 0.3 is 5.97 Å². The zero-order chi connectivity index (χ0) is 15.0. The van der Waals surface area contributed by atoms with Crippen LogP contribution in [0.25, 0.3) is 0 Å². The van der Waals surface area contributed by atoms with E-state index in [2.05, 4.69) is 11.7 Å². The standard InChI is InChI=1S/C16H23FO3/c1-3-4-5-10-16(17,11-12-18)14-8-6-13(7-9-14)15(19)20-2/h6-9,18H,3-5,10-12H2,1-2H3/t16-/m1/s1. The molecule has 0 unspecified atom stereocenters. The Bertz CT molecular complexity index is 416. The van der Waals surface area contributed by atoms with Crippen LogP contribution >= 0.6 is 0 Å². The average molecular weight is 282 g/mol. The van der Waals surface area contributed by atoms with Crippen molar-refractivity contribution in [3.8, 4) is 0 Å². The molecule has 1 aromatic carbocycles. The van der Waals surface area contributed by atoms with Gasteiger partial charge in [0.05, 0.1) is 12.7 Å². The number of esters is 1. The molecule has 4 heteroatoms. The van der Waals surface area contributed by atoms with Gasteiger partial charge in [-0.3, -0.25) is 0 Å². The lowest BCUT2D eigenvalue weighted by molar-refractivity contribution is 0.0600. The van der Waals surface area contributed by atoms with E-state index < -0.39 is 11.6 Å². The molecule has 0 saturated heterocycles. The summed E-state index contributed by atoms with van der Waals surface area (Å²) in [4.78, 5) is 11.4. The van der Waals surface area contributed by atoms with E-state index >= 15 is 0 Å². The van der Waals surface area contributed by atoms with Crippen molar-refractivity contribution in [2.75, 3.05) is 13.7 Å². The fourth-order valence-electron chi connectivity index (χ4n) is 2.27. The first kappa shape index (κ1) is 16.6. The average Bonchev–Trinajstić information content (AvgIpc) is 2.47. The highest BCUT2D eigenvalue weighted by atomic mass is 19.1. The van der Waals surface area contributed by atoms with E-state index in [1.54, 1.807) is 24.3 Å². The van der Waals surface area contributed by atoms with Crippen molar-refractivity contribution in [3.63, 3.8) is 0 Å². The predicted molar refractivity (Wildman–Crippen MR) is 76.4 cm³/mol. The Kier molecular flexibility index (Phi) is 6.65. The van der Waals surface area contributed by atoms with Crippen LogP contribution in [0.15, 0.2) is 24.3 Å². The maximum Gasteiger partial charge on any atom is 0.337 e. The molecule has 112 valence electrons. The molecule has 3 nitrogen and oxygen atoms in total. The van der Waals surface area contributed by atoms with Gasteiger partial charge in [-0.2, -0.15) is 0 Å². The van der Waals surface area contributed by atoms with Gasteiger partial charge in [0, 0.05) is 13.0 Å². The first-order chi connectivity index (χ1) is 9.57. The highest BCUT2D eigenvalue weighted by Crippen LogP contribution is 2.35. The predicted octanol–water partition coefficient (Wildman–Crippen LogP) is 3.60. The summed E-state index contributed by atoms with van der Waals surface area (Å²) in [6.45, 7) is 1.87. The monoisotopic (exact) mass is 282 g/mol. The number of rotatable bonds is 8. The van der Waals surface area contributed by atoms with Gasteiger partial charge in [-0.05, 0) is 30.5 Å². The van der Waals surface area contributed by atoms with Crippen LogP contribution in [0.4, 0.5) is 4.39 Å². The molecular formula is C16H23FO3. The summed E-state index contributed by atoms with van der Waals surface area (Å²) in [5.41, 5.74) is -0.620. The van der Waals surface area contributed by atoms with E-state index in [-0.39, 0.29) is 13.0 Å². The first-order valence-corrected chi connectivity index (χ1v) is 7.06. The Morgan fingerprint density at radius 2 is 1.90 bits per heavy atom. The van der Waals surface area contributed by atoms with Gasteiger partial charge in [0.15, 0.2) is 0 Å². The molecule has 1 N–H and O–H groups in total. The van der Waals surface area contributed by atoms with Crippen molar-refractivity contribution in [2.45, 2.75) is 44.7 Å². The van der Waals surface area contributed by atoms with Crippen molar-refractivity contribution < 1.29 is 19.0 Å². The number of aliphatic hydroxyl groups excluding tert-OH is 1. The molecule has 1 rings (SSSR count). The summed E-state index contributed by atoms with van der Waals surface area (Å²) in [5.74, 6) is -0.436. The fourth-order valence-corrected chi connectivity index (χ4v) is 2.27. The molecule has 20 heavy (non-hydrogen) atoms. The zero-order valence-electron chi connectivity index (χ0n) is 12.2. The summed E-state index contributed by atoms with van der Waals surface area (Å²) in [7, 11) is 1.31. The van der Waals surface area contributed by atoms with Gasteiger partial charge in [0.2, 0.25) is 0 Å². The molecule has 0 bridgehead atoms. The van der Waals surface area contributed by atoms with Gasteiger partial charge in [-0.25, -0.2) is 9.18 Å². The Morgan fingerprint density at radius 1 is 1.25 bits per heavy atom. The van der Waals surface area contributed by atoms with E-state index in [0.717, 1.165) is 19.3 Å². The van der Waals surface area contributed by atoms with Crippen LogP contribution in [0, 0.1) is 0 Å². The number of ether oxygens (including phenoxy) is 1. The van der Waals surface area contributed by atoms with Crippen LogP contribution in [0.3, 0.4) is 0 Å². The minimum absolute atomic E-state index is 0.0777. The van der Waals surface area contributed by atoms with Crippen molar-refractivity contribution in [3.05, 3.63) is 35.4 Å². The maximum atomic E-state index is 15.0. The Balaban J connectivity index is 2.87. The van der Waals surface area contributed by atoms with E-state index in [1.165, 1.54) is 7.11 Å². The van der Waals surface area contributed by atoms with Crippen molar-refractivity contribution in [2.24, 2.45) is 0 Å². The topological polar surface area (TPSA) is 46.5 Å². The second-order valence-electron chi connectivity index (χ2n) is 4.96. The molecule has 0 fully saturated rings. The lowest BCUT2D eigenvalue weighted by atomic mass is 9.87. The number of carbonyl (C=O) groups excluding carboxylic acids is 1. The number of carbonyl (C=O) groups is 1. The summed E-state index contributed by atoms with van der Waals surface area (Å²) in [6.07, 6.45) is 3.24. The largest absolute Gasteiger partial charge is 0.465 e. The third kappa shape index (κ3) is 4.30. The van der Waals surface area contributed by atoms with Crippen LogP contribution in [-0.2, 0) is 10.4 Å². The number of alkyl halides is 1. The van der Waals surface area contributed by atoms with E-state index in [1.807, 2.05) is 0 Å². The molecular weight excluding hydrogens is 259 g/mol. The molecule has 1 atom stereocenters. The summed E-state index contributed by atoms with van der Waals surface area (Å²) in [6, 6.07) is 6.33. The quantitative estimate of drug-likeness (QED) is 0.585. The summed E-state index contributed by atoms with van der Waals surface area (Å²) in [5, 5.41) is 9.09. The van der Waals surface area contributed by atoms with Crippen molar-refractivity contribution >= 4 is 5.97 Å². The number of hydrogen-bond donors (Lipinski definition) is 1. The highest BCUT2D eigenvalue weighted by molar-refractivity contribution is 5.89. The number of hydrogen-bond acceptors (Lipinski definition) is 3. The summed E-state index contributed by atoms with van der Waals surface area (Å²) >= 11 is 0. The van der Waals surface area contributed by atoms with Crippen molar-refractivity contribution in [1.29, 1.82) is 0 Å². The smallest absolute Gasteiger partial charge is 0.337 e. The Hall–Kier alpha value is -1.42. The molecule has 0 heterocycles. The van der Waals surface area contributed by atoms with Gasteiger partial charge in [-0.1, -0.05) is 31.9 Å². The maximum absolute atomic E-state index is 15.0. The van der Waals surface area contributed by atoms with Gasteiger partial charge < -0.3 is 9.84 Å². The molecule has 0 aromatic heterocycles. The van der Waals surface area contributed by atoms with E-state index in [9.17, 15) is 9.18 Å². The van der Waals surface area contributed by atoms with Crippen LogP contribution in [0.2, 0.25) is 0 Å². The summed E-state index contributed by atoms with van der Waals surface area (Å²) < 4.78 is 19.6. The Morgan fingerprint density at radius 3 is 2.40 bits per heavy atom. The van der Waals surface area contributed by atoms with Crippen LogP contribution in [0.1, 0.15) is 54.9 Å². The molecule has 0 amide bonds. The number of unbranched alkanes of at least 4 members (excludes halogenated alkanes) is 2. The Labute approximate surface area is 119 Å². The minimum Gasteiger partial charge on any atom is -0.465 e. The van der Waals surface area contributed by atoms with Crippen LogP contribution in [-0.4, -0.2) is 24.8 Å². The van der Waals surface area contributed by atoms with Crippen molar-refractivity contribution in [1.82, 2.24) is 0 Å². The second kappa shape index (κ2) is 8.00. The zero-order valence-corrected chi connectivity index (χ0v) is 12.2. The van der Waals surface area contributed by atoms with Gasteiger partial charge in [-0.15, -0.1) is 0 Å². The normalized spacial score (nSPS) is 13.8. The van der Waals surface area contributed by atoms with Crippen LogP contribution < -0.4 is 0 Å². The molecule has 0 aliphatic carbocycles. The molecule has 1 aromatic rings. The third-order valence-corrected chi connectivity index (χ3v) is 3.51. The number of halogens is 1. The number of benzene rings is 1. The lowest BCUT2D eigenvalue weighted by Crippen LogP contribution is -2.22. The first-order valence-electron chi connectivity index (χ1n) is 7.06. The minimum atomic E-state index is -1.53. The highest BCUT2D eigenvalue weighted by Gasteiger charge is 2.30. The third-order valence-electron chi connectivity index (χ3n) is 3.51. The van der Waals surface area contributed by atoms with E-state index in [4.69, 9.17) is 5.11 Å². The lowest BCUT2D eigenvalue weighted by Gasteiger charge is -2.25. The molecule has 0 aliphatic rings. The van der Waals surface area contributed by atoms with Gasteiger partial charge in [0.25, 0.3) is 0 Å². The molecule has 0 saturated carbocycles. The molecule has 0 spiro atoms. The number of methoxy groups -OCH3 is 1. The number of aliphatic hydroxyl groups is 1. The van der Waals surface area contributed by atoms with Crippen LogP contribution in [0.5, 0.6) is 0 Å². The SMILES string of the molecule is CCCCC[C@@](F)(CCO)c1ccc(C(=O)OC)cc1. The van der Waals surface area contributed by atoms with Gasteiger partial charge in [0.1, 0.15) is 5.67 Å². The van der Waals surface area contributed by atoms with E-state index in [0.29, 0.717) is 17.5 Å². The molecule has 0 aliphatic heterocycles. The fraction of sp³-hybridized carbons (Fsp3) is 0.562. The second-order valence-corrected chi connectivity index (χ2v) is 4.96.